The number of aliphatic hydroxyl groups is 1. The first-order valence-electron chi connectivity index (χ1n) is 8.36. The van der Waals surface area contributed by atoms with Crippen molar-refractivity contribution >= 4 is 10.9 Å². The number of rotatable bonds is 3. The minimum absolute atomic E-state index is 0.340. The molecule has 1 aliphatic carbocycles. The number of piperidine rings is 1. The maximum Gasteiger partial charge on any atom is 0.0986 e. The molecule has 1 aliphatic heterocycles. The van der Waals surface area contributed by atoms with Gasteiger partial charge in [-0.05, 0) is 30.0 Å². The van der Waals surface area contributed by atoms with Gasteiger partial charge in [0.05, 0.1) is 25.7 Å². The molecule has 2 aliphatic rings. The van der Waals surface area contributed by atoms with Gasteiger partial charge in [-0.3, -0.25) is 0 Å². The number of aromatic nitrogens is 1. The maximum atomic E-state index is 9.70. The Hall–Kier alpha value is -1.32. The van der Waals surface area contributed by atoms with E-state index >= 15 is 0 Å². The molecule has 1 saturated heterocycles. The third-order valence-electron chi connectivity index (χ3n) is 5.64. The standard InChI is InChI=1S/C18H24N2O/c1-2-6-20-10-12(11-21)7-15-14-4-3-5-16-18(14)13(9-19-16)8-17(15)20/h3-5,9,12,15,17,19,21H,2,6-8,10-11H2,1H3/p+1/t12-,15-,17-/m1/s1. The Morgan fingerprint density at radius 3 is 3.10 bits per heavy atom. The van der Waals surface area contributed by atoms with Crippen LogP contribution in [0.3, 0.4) is 0 Å². The number of likely N-dealkylation sites (tertiary alicyclic amines) is 1. The number of benzene rings is 1. The van der Waals surface area contributed by atoms with E-state index in [1.807, 2.05) is 0 Å². The Balaban J connectivity index is 1.79. The Bertz CT molecular complexity index is 648. The second-order valence-corrected chi connectivity index (χ2v) is 6.90. The summed E-state index contributed by atoms with van der Waals surface area (Å²) >= 11 is 0. The molecule has 1 aromatic heterocycles. The molecule has 4 rings (SSSR count). The highest BCUT2D eigenvalue weighted by Gasteiger charge is 2.43. The zero-order valence-corrected chi connectivity index (χ0v) is 12.7. The van der Waals surface area contributed by atoms with E-state index in [0.29, 0.717) is 24.5 Å². The van der Waals surface area contributed by atoms with Gasteiger partial charge in [0.15, 0.2) is 0 Å². The number of aliphatic hydroxyl groups excluding tert-OH is 1. The second kappa shape index (κ2) is 5.15. The van der Waals surface area contributed by atoms with Crippen LogP contribution in [-0.4, -0.2) is 35.8 Å². The molecular weight excluding hydrogens is 260 g/mol. The predicted octanol–water partition coefficient (Wildman–Crippen LogP) is 1.48. The van der Waals surface area contributed by atoms with E-state index in [-0.39, 0.29) is 0 Å². The van der Waals surface area contributed by atoms with Crippen molar-refractivity contribution in [3.05, 3.63) is 35.5 Å². The SMILES string of the molecule is CCC[NH+]1C[C@H](CO)C[C@@H]2c3cccc4[nH]cc(c34)C[C@H]21. The molecule has 0 bridgehead atoms. The molecule has 3 heteroatoms. The lowest BCUT2D eigenvalue weighted by Crippen LogP contribution is -3.18. The van der Waals surface area contributed by atoms with Crippen molar-refractivity contribution in [1.29, 1.82) is 0 Å². The van der Waals surface area contributed by atoms with E-state index in [2.05, 4.69) is 36.3 Å². The molecule has 3 N–H and O–H groups in total. The number of fused-ring (bicyclic) bond motifs is 2. The molecule has 1 fully saturated rings. The molecule has 0 saturated carbocycles. The largest absolute Gasteiger partial charge is 0.396 e. The lowest BCUT2D eigenvalue weighted by atomic mass is 9.72. The monoisotopic (exact) mass is 285 g/mol. The maximum absolute atomic E-state index is 9.70. The van der Waals surface area contributed by atoms with Gasteiger partial charge in [-0.2, -0.15) is 0 Å². The van der Waals surface area contributed by atoms with E-state index in [1.165, 1.54) is 41.4 Å². The summed E-state index contributed by atoms with van der Waals surface area (Å²) in [6, 6.07) is 7.38. The fraction of sp³-hybridized carbons (Fsp3) is 0.556. The average Bonchev–Trinajstić information content (AvgIpc) is 2.93. The summed E-state index contributed by atoms with van der Waals surface area (Å²) in [5.41, 5.74) is 4.30. The molecule has 0 amide bonds. The van der Waals surface area contributed by atoms with E-state index in [0.717, 1.165) is 13.0 Å². The van der Waals surface area contributed by atoms with Crippen LogP contribution in [0.25, 0.3) is 10.9 Å². The summed E-state index contributed by atoms with van der Waals surface area (Å²) in [6.45, 7) is 4.98. The summed E-state index contributed by atoms with van der Waals surface area (Å²) < 4.78 is 0. The number of hydrogen-bond acceptors (Lipinski definition) is 1. The zero-order valence-electron chi connectivity index (χ0n) is 12.7. The fourth-order valence-electron chi connectivity index (χ4n) is 4.78. The molecule has 1 aromatic carbocycles. The van der Waals surface area contributed by atoms with Crippen molar-refractivity contribution in [2.45, 2.75) is 38.1 Å². The number of quaternary nitrogens is 1. The topological polar surface area (TPSA) is 40.5 Å². The molecule has 2 aromatic rings. The minimum atomic E-state index is 0.340. The van der Waals surface area contributed by atoms with Gasteiger partial charge in [-0.1, -0.05) is 19.1 Å². The zero-order chi connectivity index (χ0) is 14.4. The molecule has 0 spiro atoms. The Morgan fingerprint density at radius 2 is 2.29 bits per heavy atom. The van der Waals surface area contributed by atoms with Gasteiger partial charge in [0.2, 0.25) is 0 Å². The summed E-state index contributed by atoms with van der Waals surface area (Å²) in [5, 5.41) is 11.2. The van der Waals surface area contributed by atoms with Gasteiger partial charge >= 0.3 is 0 Å². The summed E-state index contributed by atoms with van der Waals surface area (Å²) in [5.74, 6) is 1.08. The quantitative estimate of drug-likeness (QED) is 0.785. The van der Waals surface area contributed by atoms with Gasteiger partial charge in [0.25, 0.3) is 0 Å². The average molecular weight is 285 g/mol. The van der Waals surface area contributed by atoms with Gasteiger partial charge in [-0.25, -0.2) is 0 Å². The van der Waals surface area contributed by atoms with E-state index in [1.54, 1.807) is 4.90 Å². The van der Waals surface area contributed by atoms with Crippen LogP contribution in [0.15, 0.2) is 24.4 Å². The number of hydrogen-bond donors (Lipinski definition) is 3. The van der Waals surface area contributed by atoms with Crippen LogP contribution in [0.4, 0.5) is 0 Å². The molecule has 1 unspecified atom stereocenters. The highest BCUT2D eigenvalue weighted by molar-refractivity contribution is 5.88. The Labute approximate surface area is 126 Å². The molecule has 0 radical (unpaired) electrons. The lowest BCUT2D eigenvalue weighted by Gasteiger charge is -2.44. The van der Waals surface area contributed by atoms with Gasteiger partial charge in [-0.15, -0.1) is 0 Å². The van der Waals surface area contributed by atoms with Crippen LogP contribution in [0.5, 0.6) is 0 Å². The Kier molecular flexibility index (Phi) is 3.27. The molecule has 112 valence electrons. The van der Waals surface area contributed by atoms with Gasteiger partial charge in [0.1, 0.15) is 0 Å². The molecule has 3 nitrogen and oxygen atoms in total. The number of aromatic amines is 1. The summed E-state index contributed by atoms with van der Waals surface area (Å²) in [4.78, 5) is 5.15. The van der Waals surface area contributed by atoms with E-state index in [4.69, 9.17) is 0 Å². The van der Waals surface area contributed by atoms with Gasteiger partial charge in [0, 0.05) is 35.4 Å². The van der Waals surface area contributed by atoms with Gasteiger partial charge < -0.3 is 15.0 Å². The molecular formula is C18H25N2O+. The molecule has 2 heterocycles. The van der Waals surface area contributed by atoms with Crippen LogP contribution in [0.1, 0.15) is 36.8 Å². The smallest absolute Gasteiger partial charge is 0.0986 e. The van der Waals surface area contributed by atoms with Crippen LogP contribution in [-0.2, 0) is 6.42 Å². The minimum Gasteiger partial charge on any atom is -0.396 e. The predicted molar refractivity (Wildman–Crippen MR) is 84.7 cm³/mol. The van der Waals surface area contributed by atoms with Crippen LogP contribution in [0.2, 0.25) is 0 Å². The highest BCUT2D eigenvalue weighted by atomic mass is 16.3. The third-order valence-corrected chi connectivity index (χ3v) is 5.64. The lowest BCUT2D eigenvalue weighted by molar-refractivity contribution is -0.936. The normalized spacial score (nSPS) is 31.3. The van der Waals surface area contributed by atoms with Crippen LogP contribution < -0.4 is 4.90 Å². The molecule has 4 atom stereocenters. The van der Waals surface area contributed by atoms with Crippen molar-refractivity contribution in [2.75, 3.05) is 19.7 Å². The highest BCUT2D eigenvalue weighted by Crippen LogP contribution is 2.40. The van der Waals surface area contributed by atoms with Crippen molar-refractivity contribution in [1.82, 2.24) is 4.98 Å². The van der Waals surface area contributed by atoms with E-state index in [9.17, 15) is 5.11 Å². The van der Waals surface area contributed by atoms with Crippen LogP contribution in [0, 0.1) is 5.92 Å². The number of H-pyrrole nitrogens is 1. The first kappa shape index (κ1) is 13.4. The first-order chi connectivity index (χ1) is 10.3. The van der Waals surface area contributed by atoms with Crippen molar-refractivity contribution in [2.24, 2.45) is 5.92 Å². The van der Waals surface area contributed by atoms with Crippen LogP contribution >= 0.6 is 0 Å². The summed E-state index contributed by atoms with van der Waals surface area (Å²) in [6.07, 6.45) is 5.78. The van der Waals surface area contributed by atoms with Crippen molar-refractivity contribution in [3.63, 3.8) is 0 Å². The van der Waals surface area contributed by atoms with E-state index < -0.39 is 0 Å². The Morgan fingerprint density at radius 1 is 1.38 bits per heavy atom. The third kappa shape index (κ3) is 2.02. The van der Waals surface area contributed by atoms with Crippen molar-refractivity contribution in [3.8, 4) is 0 Å². The molecule has 21 heavy (non-hydrogen) atoms. The second-order valence-electron chi connectivity index (χ2n) is 6.90. The fourth-order valence-corrected chi connectivity index (χ4v) is 4.78. The number of nitrogens with one attached hydrogen (secondary N) is 2. The summed E-state index contributed by atoms with van der Waals surface area (Å²) in [7, 11) is 0. The first-order valence-corrected chi connectivity index (χ1v) is 8.36. The van der Waals surface area contributed by atoms with Crippen molar-refractivity contribution < 1.29 is 10.0 Å².